The van der Waals surface area contributed by atoms with Gasteiger partial charge in [0.2, 0.25) is 0 Å². The molecule has 0 bridgehead atoms. The van der Waals surface area contributed by atoms with Gasteiger partial charge in [-0.05, 0) is 12.3 Å². The van der Waals surface area contributed by atoms with E-state index in [1.807, 2.05) is 0 Å². The first-order chi connectivity index (χ1) is 3.93. The second-order valence-electron chi connectivity index (χ2n) is 2.25. The zero-order valence-corrected chi connectivity index (χ0v) is 5.35. The Kier molecular flexibility index (Phi) is 2.10. The summed E-state index contributed by atoms with van der Waals surface area (Å²) in [5.41, 5.74) is 0. The third kappa shape index (κ3) is 1.34. The number of rotatable bonds is 1. The minimum Gasteiger partial charge on any atom is -0.313 e. The summed E-state index contributed by atoms with van der Waals surface area (Å²) in [6.45, 7) is 4.46. The second kappa shape index (κ2) is 2.88. The molecule has 0 saturated heterocycles. The van der Waals surface area contributed by atoms with Crippen LogP contribution in [0.4, 0.5) is 0 Å². The number of hydrogen-bond acceptors (Lipinski definition) is 1. The lowest BCUT2D eigenvalue weighted by Crippen LogP contribution is -2.25. The maximum Gasteiger partial charge on any atom is 0.0135 e. The predicted octanol–water partition coefficient (Wildman–Crippen LogP) is 1.17. The van der Waals surface area contributed by atoms with Crippen LogP contribution in [0.25, 0.3) is 0 Å². The van der Waals surface area contributed by atoms with Crippen molar-refractivity contribution in [1.82, 2.24) is 5.32 Å². The lowest BCUT2D eigenvalue weighted by Gasteiger charge is -2.14. The maximum atomic E-state index is 3.30. The van der Waals surface area contributed by atoms with Gasteiger partial charge in [0.15, 0.2) is 0 Å². The highest BCUT2D eigenvalue weighted by atomic mass is 14.9. The van der Waals surface area contributed by atoms with Crippen molar-refractivity contribution in [3.8, 4) is 0 Å². The molecule has 1 heteroatoms. The van der Waals surface area contributed by atoms with E-state index >= 15 is 0 Å². The summed E-state index contributed by atoms with van der Waals surface area (Å²) >= 11 is 0. The molecule has 0 spiro atoms. The van der Waals surface area contributed by atoms with Crippen molar-refractivity contribution < 1.29 is 0 Å². The monoisotopic (exact) mass is 111 g/mol. The summed E-state index contributed by atoms with van der Waals surface area (Å²) < 4.78 is 0. The third-order valence-corrected chi connectivity index (χ3v) is 1.60. The van der Waals surface area contributed by atoms with Gasteiger partial charge in [-0.25, -0.2) is 0 Å². The molecule has 1 nitrogen and oxygen atoms in total. The molecule has 0 aromatic carbocycles. The molecule has 1 atom stereocenters. The van der Waals surface area contributed by atoms with Crippen LogP contribution in [-0.2, 0) is 0 Å². The first-order valence-corrected chi connectivity index (χ1v) is 3.31. The van der Waals surface area contributed by atoms with E-state index in [9.17, 15) is 0 Å². The van der Waals surface area contributed by atoms with Gasteiger partial charge in [0, 0.05) is 13.1 Å². The summed E-state index contributed by atoms with van der Waals surface area (Å²) in [6.07, 6.45) is 5.78. The van der Waals surface area contributed by atoms with Gasteiger partial charge in [-0.2, -0.15) is 0 Å². The first-order valence-electron chi connectivity index (χ1n) is 3.31. The summed E-state index contributed by atoms with van der Waals surface area (Å²) in [6, 6.07) is 0. The molecular weight excluding hydrogens is 98.1 g/mol. The maximum absolute atomic E-state index is 3.30. The Labute approximate surface area is 50.8 Å². The average Bonchev–Trinajstić information content (AvgIpc) is 1.90. The van der Waals surface area contributed by atoms with E-state index in [0.29, 0.717) is 0 Å². The molecular formula is C7H13N. The van der Waals surface area contributed by atoms with Crippen molar-refractivity contribution in [2.24, 2.45) is 5.92 Å². The molecule has 0 aliphatic carbocycles. The summed E-state index contributed by atoms with van der Waals surface area (Å²) in [5.74, 6) is 0.795. The Morgan fingerprint density at radius 3 is 3.00 bits per heavy atom. The van der Waals surface area contributed by atoms with E-state index in [4.69, 9.17) is 0 Å². The molecule has 1 unspecified atom stereocenters. The van der Waals surface area contributed by atoms with Crippen LogP contribution in [0.15, 0.2) is 12.2 Å². The van der Waals surface area contributed by atoms with Gasteiger partial charge < -0.3 is 5.32 Å². The normalized spacial score (nSPS) is 28.4. The quantitative estimate of drug-likeness (QED) is 0.501. The van der Waals surface area contributed by atoms with Crippen molar-refractivity contribution in [1.29, 1.82) is 0 Å². The molecule has 0 aromatic heterocycles. The Balaban J connectivity index is 2.32. The van der Waals surface area contributed by atoms with E-state index < -0.39 is 0 Å². The van der Waals surface area contributed by atoms with E-state index in [1.54, 1.807) is 0 Å². The van der Waals surface area contributed by atoms with Crippen LogP contribution >= 0.6 is 0 Å². The van der Waals surface area contributed by atoms with Crippen molar-refractivity contribution in [3.63, 3.8) is 0 Å². The van der Waals surface area contributed by atoms with Crippen LogP contribution < -0.4 is 5.32 Å². The molecule has 1 aliphatic heterocycles. The Bertz CT molecular complexity index is 86.4. The van der Waals surface area contributed by atoms with Crippen LogP contribution in [0, 0.1) is 5.92 Å². The van der Waals surface area contributed by atoms with E-state index in [1.165, 1.54) is 13.0 Å². The largest absolute Gasteiger partial charge is 0.313 e. The van der Waals surface area contributed by atoms with Gasteiger partial charge in [-0.15, -0.1) is 0 Å². The lowest BCUT2D eigenvalue weighted by atomic mass is 10.0. The van der Waals surface area contributed by atoms with Crippen LogP contribution in [-0.4, -0.2) is 13.1 Å². The van der Waals surface area contributed by atoms with Crippen molar-refractivity contribution in [2.45, 2.75) is 13.3 Å². The topological polar surface area (TPSA) is 12.0 Å². The van der Waals surface area contributed by atoms with Gasteiger partial charge in [-0.1, -0.05) is 19.1 Å². The molecule has 0 radical (unpaired) electrons. The lowest BCUT2D eigenvalue weighted by molar-refractivity contribution is 0.543. The van der Waals surface area contributed by atoms with Crippen LogP contribution in [0.5, 0.6) is 0 Å². The molecule has 1 aliphatic rings. The summed E-state index contributed by atoms with van der Waals surface area (Å²) in [5, 5.41) is 3.30. The van der Waals surface area contributed by atoms with E-state index in [0.717, 1.165) is 12.5 Å². The SMILES string of the molecule is CCC1C=CCNC1. The van der Waals surface area contributed by atoms with Crippen molar-refractivity contribution in [2.75, 3.05) is 13.1 Å². The van der Waals surface area contributed by atoms with Gasteiger partial charge >= 0.3 is 0 Å². The predicted molar refractivity (Wildman–Crippen MR) is 35.8 cm³/mol. The average molecular weight is 111 g/mol. The highest BCUT2D eigenvalue weighted by molar-refractivity contribution is 4.94. The highest BCUT2D eigenvalue weighted by Gasteiger charge is 2.02. The van der Waals surface area contributed by atoms with Crippen LogP contribution in [0.2, 0.25) is 0 Å². The second-order valence-corrected chi connectivity index (χ2v) is 2.25. The van der Waals surface area contributed by atoms with Crippen LogP contribution in [0.1, 0.15) is 13.3 Å². The Morgan fingerprint density at radius 1 is 1.75 bits per heavy atom. The first kappa shape index (κ1) is 5.83. The fraction of sp³-hybridized carbons (Fsp3) is 0.714. The molecule has 0 amide bonds. The van der Waals surface area contributed by atoms with Crippen molar-refractivity contribution in [3.05, 3.63) is 12.2 Å². The smallest absolute Gasteiger partial charge is 0.0135 e. The van der Waals surface area contributed by atoms with Gasteiger partial charge in [0.05, 0.1) is 0 Å². The van der Waals surface area contributed by atoms with Gasteiger partial charge in [0.1, 0.15) is 0 Å². The fourth-order valence-corrected chi connectivity index (χ4v) is 0.961. The molecule has 1 heterocycles. The van der Waals surface area contributed by atoms with Crippen molar-refractivity contribution >= 4 is 0 Å². The Hall–Kier alpha value is -0.300. The van der Waals surface area contributed by atoms with Gasteiger partial charge in [0.25, 0.3) is 0 Å². The standard InChI is InChI=1S/C7H13N/c1-2-7-4-3-5-8-6-7/h3-4,7-8H,2,5-6H2,1H3. The number of hydrogen-bond donors (Lipinski definition) is 1. The zero-order valence-electron chi connectivity index (χ0n) is 5.35. The Morgan fingerprint density at radius 2 is 2.62 bits per heavy atom. The minimum atomic E-state index is 0.795. The molecule has 0 aromatic rings. The molecule has 0 fully saturated rings. The molecule has 0 saturated carbocycles. The molecule has 8 heavy (non-hydrogen) atoms. The van der Waals surface area contributed by atoms with Crippen LogP contribution in [0.3, 0.4) is 0 Å². The summed E-state index contributed by atoms with van der Waals surface area (Å²) in [7, 11) is 0. The highest BCUT2D eigenvalue weighted by Crippen LogP contribution is 2.04. The van der Waals surface area contributed by atoms with E-state index in [-0.39, 0.29) is 0 Å². The number of nitrogens with one attached hydrogen (secondary N) is 1. The minimum absolute atomic E-state index is 0.795. The summed E-state index contributed by atoms with van der Waals surface area (Å²) in [4.78, 5) is 0. The zero-order chi connectivity index (χ0) is 5.82. The molecule has 1 rings (SSSR count). The molecule has 46 valence electrons. The fourth-order valence-electron chi connectivity index (χ4n) is 0.961. The molecule has 1 N–H and O–H groups in total. The van der Waals surface area contributed by atoms with E-state index in [2.05, 4.69) is 24.4 Å². The third-order valence-electron chi connectivity index (χ3n) is 1.60. The van der Waals surface area contributed by atoms with Gasteiger partial charge in [-0.3, -0.25) is 0 Å².